The number of amides is 1. The normalized spacial score (nSPS) is 17.0. The van der Waals surface area contributed by atoms with Crippen LogP contribution in [0.1, 0.15) is 40.7 Å². The van der Waals surface area contributed by atoms with Gasteiger partial charge in [-0.3, -0.25) is 14.4 Å². The summed E-state index contributed by atoms with van der Waals surface area (Å²) in [5.41, 5.74) is 0. The van der Waals surface area contributed by atoms with Crippen molar-refractivity contribution >= 4 is 29.0 Å². The van der Waals surface area contributed by atoms with Gasteiger partial charge in [0.15, 0.2) is 6.61 Å². The van der Waals surface area contributed by atoms with Crippen molar-refractivity contribution in [3.8, 4) is 0 Å². The molecule has 0 saturated heterocycles. The van der Waals surface area contributed by atoms with Crippen LogP contribution in [-0.2, 0) is 20.9 Å². The quantitative estimate of drug-likeness (QED) is 0.496. The Bertz CT molecular complexity index is 591. The highest BCUT2D eigenvalue weighted by Crippen LogP contribution is 2.20. The van der Waals surface area contributed by atoms with Gasteiger partial charge in [-0.15, -0.1) is 11.3 Å². The molecule has 1 heterocycles. The molecule has 0 fully saturated rings. The third-order valence-corrected chi connectivity index (χ3v) is 4.52. The second-order valence-corrected chi connectivity index (χ2v) is 6.36. The highest BCUT2D eigenvalue weighted by molar-refractivity contribution is 7.14. The molecule has 1 aliphatic rings. The maximum Gasteiger partial charge on any atom is 0.309 e. The SMILES string of the molecule is CC(=O)NCc1ccc(C(=O)COC(=O)C2CC=CCC2)s1. The van der Waals surface area contributed by atoms with Gasteiger partial charge >= 0.3 is 5.97 Å². The van der Waals surface area contributed by atoms with Crippen molar-refractivity contribution in [1.82, 2.24) is 5.32 Å². The summed E-state index contributed by atoms with van der Waals surface area (Å²) >= 11 is 1.30. The molecular weight excluding hydrogens is 302 g/mol. The van der Waals surface area contributed by atoms with E-state index in [0.717, 1.165) is 17.7 Å². The molecule has 1 aromatic rings. The highest BCUT2D eigenvalue weighted by atomic mass is 32.1. The number of ketones is 1. The summed E-state index contributed by atoms with van der Waals surface area (Å²) in [7, 11) is 0. The molecule has 1 unspecified atom stereocenters. The van der Waals surface area contributed by atoms with Crippen LogP contribution in [0.4, 0.5) is 0 Å². The highest BCUT2D eigenvalue weighted by Gasteiger charge is 2.21. The van der Waals surface area contributed by atoms with Gasteiger partial charge in [0.2, 0.25) is 11.7 Å². The molecule has 0 aromatic carbocycles. The number of nitrogens with one attached hydrogen (secondary N) is 1. The maximum absolute atomic E-state index is 12.0. The minimum Gasteiger partial charge on any atom is -0.457 e. The summed E-state index contributed by atoms with van der Waals surface area (Å²) in [5.74, 6) is -0.750. The molecule has 1 N–H and O–H groups in total. The Morgan fingerprint density at radius 3 is 2.82 bits per heavy atom. The van der Waals surface area contributed by atoms with Crippen molar-refractivity contribution in [3.63, 3.8) is 0 Å². The third kappa shape index (κ3) is 4.80. The molecule has 2 rings (SSSR count). The third-order valence-electron chi connectivity index (χ3n) is 3.40. The summed E-state index contributed by atoms with van der Waals surface area (Å²) in [4.78, 5) is 36.2. The zero-order valence-corrected chi connectivity index (χ0v) is 13.3. The van der Waals surface area contributed by atoms with Crippen LogP contribution in [0.3, 0.4) is 0 Å². The van der Waals surface area contributed by atoms with E-state index < -0.39 is 0 Å². The van der Waals surface area contributed by atoms with Gasteiger partial charge in [0, 0.05) is 11.8 Å². The fourth-order valence-electron chi connectivity index (χ4n) is 2.17. The molecule has 5 nitrogen and oxygen atoms in total. The van der Waals surface area contributed by atoms with Crippen LogP contribution in [0.2, 0.25) is 0 Å². The van der Waals surface area contributed by atoms with E-state index in [9.17, 15) is 14.4 Å². The zero-order chi connectivity index (χ0) is 15.9. The average Bonchev–Trinajstić information content (AvgIpc) is 3.00. The number of thiophene rings is 1. The maximum atomic E-state index is 12.0. The molecule has 1 atom stereocenters. The molecule has 1 amide bonds. The van der Waals surface area contributed by atoms with E-state index in [1.54, 1.807) is 12.1 Å². The monoisotopic (exact) mass is 321 g/mol. The predicted molar refractivity (Wildman–Crippen MR) is 83.6 cm³/mol. The molecule has 0 aliphatic heterocycles. The van der Waals surface area contributed by atoms with Crippen molar-refractivity contribution in [2.45, 2.75) is 32.7 Å². The molecule has 0 saturated carbocycles. The predicted octanol–water partition coefficient (Wildman–Crippen LogP) is 2.47. The first-order valence-electron chi connectivity index (χ1n) is 7.24. The van der Waals surface area contributed by atoms with Crippen molar-refractivity contribution in [1.29, 1.82) is 0 Å². The number of hydrogen-bond acceptors (Lipinski definition) is 5. The van der Waals surface area contributed by atoms with E-state index in [1.807, 2.05) is 6.08 Å². The summed E-state index contributed by atoms with van der Waals surface area (Å²) < 4.78 is 5.12. The molecule has 118 valence electrons. The molecule has 0 bridgehead atoms. The van der Waals surface area contributed by atoms with Gasteiger partial charge in [-0.1, -0.05) is 12.2 Å². The number of carbonyl (C=O) groups is 3. The Hall–Kier alpha value is -1.95. The zero-order valence-electron chi connectivity index (χ0n) is 12.5. The molecular formula is C16H19NO4S. The van der Waals surface area contributed by atoms with Crippen molar-refractivity contribution < 1.29 is 19.1 Å². The summed E-state index contributed by atoms with van der Waals surface area (Å²) in [5, 5.41) is 2.68. The van der Waals surface area contributed by atoms with E-state index in [-0.39, 0.29) is 30.2 Å². The second-order valence-electron chi connectivity index (χ2n) is 5.19. The van der Waals surface area contributed by atoms with E-state index in [0.29, 0.717) is 17.8 Å². The molecule has 6 heteroatoms. The van der Waals surface area contributed by atoms with Crippen molar-refractivity contribution in [2.75, 3.05) is 6.61 Å². The van der Waals surface area contributed by atoms with Crippen LogP contribution >= 0.6 is 11.3 Å². The Balaban J connectivity index is 1.80. The molecule has 0 radical (unpaired) electrons. The lowest BCUT2D eigenvalue weighted by atomic mass is 9.95. The van der Waals surface area contributed by atoms with Crippen LogP contribution in [-0.4, -0.2) is 24.3 Å². The standard InChI is InChI=1S/C16H19NO4S/c1-11(18)17-9-13-7-8-15(22-13)14(19)10-21-16(20)12-5-3-2-4-6-12/h2-3,7-8,12H,4-6,9-10H2,1H3,(H,17,18). The number of esters is 1. The Morgan fingerprint density at radius 2 is 2.14 bits per heavy atom. The average molecular weight is 321 g/mol. The first kappa shape index (κ1) is 16.4. The summed E-state index contributed by atoms with van der Waals surface area (Å²) in [6, 6.07) is 3.49. The van der Waals surface area contributed by atoms with Gasteiger partial charge in [-0.2, -0.15) is 0 Å². The molecule has 1 aliphatic carbocycles. The Kier molecular flexibility index (Phi) is 5.89. The van der Waals surface area contributed by atoms with E-state index >= 15 is 0 Å². The lowest BCUT2D eigenvalue weighted by molar-refractivity contribution is -0.147. The van der Waals surface area contributed by atoms with Crippen LogP contribution in [0.15, 0.2) is 24.3 Å². The van der Waals surface area contributed by atoms with E-state index in [1.165, 1.54) is 18.3 Å². The largest absolute Gasteiger partial charge is 0.457 e. The fraction of sp³-hybridized carbons (Fsp3) is 0.438. The van der Waals surface area contributed by atoms with Gasteiger partial charge in [-0.05, 0) is 31.4 Å². The van der Waals surface area contributed by atoms with Crippen LogP contribution < -0.4 is 5.32 Å². The number of Topliss-reactive ketones (excluding diaryl/α,β-unsaturated/α-hetero) is 1. The van der Waals surface area contributed by atoms with Gasteiger partial charge in [0.05, 0.1) is 17.3 Å². The second kappa shape index (κ2) is 7.89. The number of carbonyl (C=O) groups excluding carboxylic acids is 3. The van der Waals surface area contributed by atoms with Gasteiger partial charge in [-0.25, -0.2) is 0 Å². The Labute approximate surface area is 133 Å². The van der Waals surface area contributed by atoms with Gasteiger partial charge < -0.3 is 10.1 Å². The Morgan fingerprint density at radius 1 is 1.32 bits per heavy atom. The van der Waals surface area contributed by atoms with Crippen LogP contribution in [0.5, 0.6) is 0 Å². The first-order chi connectivity index (χ1) is 10.6. The minimum absolute atomic E-state index is 0.114. The first-order valence-corrected chi connectivity index (χ1v) is 8.06. The van der Waals surface area contributed by atoms with Crippen LogP contribution in [0.25, 0.3) is 0 Å². The topological polar surface area (TPSA) is 72.5 Å². The lowest BCUT2D eigenvalue weighted by Gasteiger charge is -2.15. The number of ether oxygens (including phenoxy) is 1. The number of rotatable bonds is 6. The van der Waals surface area contributed by atoms with Gasteiger partial charge in [0.1, 0.15) is 0 Å². The number of allylic oxidation sites excluding steroid dienone is 2. The van der Waals surface area contributed by atoms with E-state index in [2.05, 4.69) is 11.4 Å². The van der Waals surface area contributed by atoms with Gasteiger partial charge in [0.25, 0.3) is 0 Å². The van der Waals surface area contributed by atoms with Crippen molar-refractivity contribution in [3.05, 3.63) is 34.0 Å². The minimum atomic E-state index is -0.298. The van der Waals surface area contributed by atoms with Crippen LogP contribution in [0, 0.1) is 5.92 Å². The lowest BCUT2D eigenvalue weighted by Crippen LogP contribution is -2.21. The fourth-order valence-corrected chi connectivity index (χ4v) is 3.04. The summed E-state index contributed by atoms with van der Waals surface area (Å²) in [6.45, 7) is 1.63. The molecule has 0 spiro atoms. The van der Waals surface area contributed by atoms with E-state index in [4.69, 9.17) is 4.74 Å². The molecule has 22 heavy (non-hydrogen) atoms. The smallest absolute Gasteiger partial charge is 0.309 e. The summed E-state index contributed by atoms with van der Waals surface area (Å²) in [6.07, 6.45) is 6.38. The van der Waals surface area contributed by atoms with Crippen molar-refractivity contribution in [2.24, 2.45) is 5.92 Å². The molecule has 1 aromatic heterocycles. The number of hydrogen-bond donors (Lipinski definition) is 1.